The maximum Gasteiger partial charge on any atom is 0.407 e. The molecule has 0 spiro atoms. The van der Waals surface area contributed by atoms with Crippen LogP contribution in [0.15, 0.2) is 6.07 Å². The molecule has 0 radical (unpaired) electrons. The fraction of sp³-hybridized carbons (Fsp3) is 0.462. The van der Waals surface area contributed by atoms with Crippen LogP contribution in [0.2, 0.25) is 5.15 Å². The van der Waals surface area contributed by atoms with Crippen molar-refractivity contribution in [2.45, 2.75) is 26.4 Å². The number of pyridine rings is 1. The molecule has 2 N–H and O–H groups in total. The normalized spacial score (nSPS) is 10.7. The Morgan fingerprint density at radius 3 is 2.76 bits per heavy atom. The maximum atomic E-state index is 13.6. The Balaban J connectivity index is 2.45. The number of ether oxygens (including phenoxy) is 1. The Hall–Kier alpha value is -2.07. The molecule has 0 aromatic carbocycles. The zero-order chi connectivity index (χ0) is 16.0. The van der Waals surface area contributed by atoms with Crippen molar-refractivity contribution >= 4 is 23.5 Å². The zero-order valence-corrected chi connectivity index (χ0v) is 12.7. The molecule has 8 heteroatoms. The highest BCUT2D eigenvalue weighted by atomic mass is 35.5. The number of halogens is 2. The molecule has 0 aliphatic carbocycles. The van der Waals surface area contributed by atoms with Gasteiger partial charge < -0.3 is 15.4 Å². The van der Waals surface area contributed by atoms with E-state index in [2.05, 4.69) is 15.6 Å². The number of amides is 1. The smallest absolute Gasteiger partial charge is 0.407 e. The molecule has 0 unspecified atom stereocenters. The van der Waals surface area contributed by atoms with Crippen molar-refractivity contribution < 1.29 is 13.9 Å². The largest absolute Gasteiger partial charge is 0.444 e. The number of hydrogen-bond donors (Lipinski definition) is 2. The molecule has 6 nitrogen and oxygen atoms in total. The average molecular weight is 315 g/mol. The molecule has 1 aromatic heterocycles. The topological polar surface area (TPSA) is 87.0 Å². The number of carbonyl (C=O) groups is 1. The zero-order valence-electron chi connectivity index (χ0n) is 12.0. The highest BCUT2D eigenvalue weighted by Gasteiger charge is 2.15. The second-order valence-electron chi connectivity index (χ2n) is 5.12. The van der Waals surface area contributed by atoms with Crippen LogP contribution in [0, 0.1) is 17.1 Å². The predicted octanol–water partition coefficient (Wildman–Crippen LogP) is 2.68. The second kappa shape index (κ2) is 7.09. The molecule has 0 aliphatic rings. The second-order valence-corrected chi connectivity index (χ2v) is 5.48. The number of aromatic nitrogens is 1. The minimum absolute atomic E-state index is 0.0356. The van der Waals surface area contributed by atoms with E-state index in [1.807, 2.05) is 0 Å². The third-order valence-corrected chi connectivity index (χ3v) is 2.42. The standard InChI is InChI=1S/C13H16ClFN4O2/c1-13(2,3)21-12(20)18-5-4-17-11-9(15)6-8(7-16)10(14)19-11/h6H,4-5H2,1-3H3,(H,17,19)(H,18,20). The summed E-state index contributed by atoms with van der Waals surface area (Å²) in [4.78, 5) is 15.1. The highest BCUT2D eigenvalue weighted by Crippen LogP contribution is 2.19. The lowest BCUT2D eigenvalue weighted by atomic mass is 10.2. The van der Waals surface area contributed by atoms with Gasteiger partial charge >= 0.3 is 6.09 Å². The fourth-order valence-corrected chi connectivity index (χ4v) is 1.51. The van der Waals surface area contributed by atoms with Gasteiger partial charge in [-0.1, -0.05) is 11.6 Å². The lowest BCUT2D eigenvalue weighted by Gasteiger charge is -2.19. The quantitative estimate of drug-likeness (QED) is 0.659. The van der Waals surface area contributed by atoms with E-state index in [0.29, 0.717) is 0 Å². The van der Waals surface area contributed by atoms with E-state index in [4.69, 9.17) is 21.6 Å². The summed E-state index contributed by atoms with van der Waals surface area (Å²) >= 11 is 5.71. The molecule has 0 aliphatic heterocycles. The van der Waals surface area contributed by atoms with Crippen LogP contribution in [0.5, 0.6) is 0 Å². The van der Waals surface area contributed by atoms with E-state index in [-0.39, 0.29) is 29.6 Å². The first kappa shape index (κ1) is 17.0. The Morgan fingerprint density at radius 2 is 2.19 bits per heavy atom. The van der Waals surface area contributed by atoms with Gasteiger partial charge in [0.05, 0.1) is 5.56 Å². The molecular formula is C13H16ClFN4O2. The van der Waals surface area contributed by atoms with Crippen molar-refractivity contribution in [3.05, 3.63) is 22.6 Å². The van der Waals surface area contributed by atoms with Crippen LogP contribution in [0.4, 0.5) is 15.0 Å². The van der Waals surface area contributed by atoms with E-state index < -0.39 is 17.5 Å². The minimum atomic E-state index is -0.687. The maximum absolute atomic E-state index is 13.6. The first-order valence-corrected chi connectivity index (χ1v) is 6.57. The summed E-state index contributed by atoms with van der Waals surface area (Å²) in [6.45, 7) is 5.70. The molecule has 1 heterocycles. The van der Waals surface area contributed by atoms with Gasteiger partial charge in [0.1, 0.15) is 16.8 Å². The van der Waals surface area contributed by atoms with Gasteiger partial charge in [0.2, 0.25) is 0 Å². The van der Waals surface area contributed by atoms with Crippen molar-refractivity contribution in [2.75, 3.05) is 18.4 Å². The summed E-state index contributed by atoms with van der Waals surface area (Å²) in [7, 11) is 0. The number of nitriles is 1. The monoisotopic (exact) mass is 314 g/mol. The van der Waals surface area contributed by atoms with Crippen molar-refractivity contribution in [3.8, 4) is 6.07 Å². The van der Waals surface area contributed by atoms with Crippen molar-refractivity contribution in [1.82, 2.24) is 10.3 Å². The summed E-state index contributed by atoms with van der Waals surface area (Å²) in [6, 6.07) is 2.73. The van der Waals surface area contributed by atoms with E-state index in [9.17, 15) is 9.18 Å². The Morgan fingerprint density at radius 1 is 1.52 bits per heavy atom. The van der Waals surface area contributed by atoms with Gasteiger partial charge in [0.15, 0.2) is 11.6 Å². The van der Waals surface area contributed by atoms with Crippen LogP contribution in [-0.2, 0) is 4.74 Å². The fourth-order valence-electron chi connectivity index (χ4n) is 1.33. The van der Waals surface area contributed by atoms with Gasteiger partial charge in [-0.05, 0) is 26.8 Å². The number of nitrogens with one attached hydrogen (secondary N) is 2. The summed E-state index contributed by atoms with van der Waals surface area (Å²) in [5, 5.41) is 13.8. The summed E-state index contributed by atoms with van der Waals surface area (Å²) < 4.78 is 18.6. The number of nitrogens with zero attached hydrogens (tertiary/aromatic N) is 2. The molecular weight excluding hydrogens is 299 g/mol. The number of alkyl carbamates (subject to hydrolysis) is 1. The van der Waals surface area contributed by atoms with Crippen LogP contribution in [0.1, 0.15) is 26.3 Å². The molecule has 21 heavy (non-hydrogen) atoms. The molecule has 1 amide bonds. The Bertz CT molecular complexity index is 567. The number of anilines is 1. The number of hydrogen-bond acceptors (Lipinski definition) is 5. The first-order valence-electron chi connectivity index (χ1n) is 6.20. The van der Waals surface area contributed by atoms with E-state index in [1.54, 1.807) is 26.8 Å². The van der Waals surface area contributed by atoms with Crippen LogP contribution in [-0.4, -0.2) is 29.8 Å². The minimum Gasteiger partial charge on any atom is -0.444 e. The van der Waals surface area contributed by atoms with Gasteiger partial charge in [0, 0.05) is 13.1 Å². The van der Waals surface area contributed by atoms with Crippen LogP contribution < -0.4 is 10.6 Å². The van der Waals surface area contributed by atoms with Gasteiger partial charge in [-0.2, -0.15) is 5.26 Å². The predicted molar refractivity (Wildman–Crippen MR) is 76.6 cm³/mol. The highest BCUT2D eigenvalue weighted by molar-refractivity contribution is 6.30. The molecule has 1 rings (SSSR count). The Kier molecular flexibility index (Phi) is 5.73. The van der Waals surface area contributed by atoms with Gasteiger partial charge in [-0.3, -0.25) is 0 Å². The third-order valence-electron chi connectivity index (χ3n) is 2.14. The Labute approximate surface area is 127 Å². The molecule has 0 saturated carbocycles. The van der Waals surface area contributed by atoms with Gasteiger partial charge in [-0.25, -0.2) is 14.2 Å². The van der Waals surface area contributed by atoms with Crippen LogP contribution in [0.25, 0.3) is 0 Å². The van der Waals surface area contributed by atoms with E-state index in [1.165, 1.54) is 0 Å². The lowest BCUT2D eigenvalue weighted by molar-refractivity contribution is 0.0530. The SMILES string of the molecule is CC(C)(C)OC(=O)NCCNc1nc(Cl)c(C#N)cc1F. The van der Waals surface area contributed by atoms with Crippen molar-refractivity contribution in [1.29, 1.82) is 5.26 Å². The lowest BCUT2D eigenvalue weighted by Crippen LogP contribution is -2.35. The average Bonchev–Trinajstić information content (AvgIpc) is 2.35. The molecule has 0 saturated heterocycles. The summed E-state index contributed by atoms with van der Waals surface area (Å²) in [5.74, 6) is -0.766. The molecule has 0 atom stereocenters. The number of carbonyl (C=O) groups excluding carboxylic acids is 1. The summed E-state index contributed by atoms with van der Waals surface area (Å²) in [5.41, 5.74) is -0.613. The molecule has 0 bridgehead atoms. The van der Waals surface area contributed by atoms with Gasteiger partial charge in [0.25, 0.3) is 0 Å². The number of rotatable bonds is 4. The van der Waals surface area contributed by atoms with E-state index >= 15 is 0 Å². The summed E-state index contributed by atoms with van der Waals surface area (Å²) in [6.07, 6.45) is -0.560. The molecule has 1 aromatic rings. The molecule has 0 fully saturated rings. The van der Waals surface area contributed by atoms with Crippen molar-refractivity contribution in [2.24, 2.45) is 0 Å². The molecule has 114 valence electrons. The van der Waals surface area contributed by atoms with Gasteiger partial charge in [-0.15, -0.1) is 0 Å². The van der Waals surface area contributed by atoms with Crippen LogP contribution in [0.3, 0.4) is 0 Å². The van der Waals surface area contributed by atoms with Crippen LogP contribution >= 0.6 is 11.6 Å². The first-order chi connectivity index (χ1) is 9.73. The third kappa shape index (κ3) is 5.83. The van der Waals surface area contributed by atoms with E-state index in [0.717, 1.165) is 6.07 Å². The van der Waals surface area contributed by atoms with Crippen molar-refractivity contribution in [3.63, 3.8) is 0 Å².